The van der Waals surface area contributed by atoms with Crippen LogP contribution in [-0.2, 0) is 0 Å². The third-order valence-corrected chi connectivity index (χ3v) is 4.65. The number of hydrogen-bond acceptors (Lipinski definition) is 1. The average molecular weight is 195 g/mol. The van der Waals surface area contributed by atoms with E-state index in [-0.39, 0.29) is 5.54 Å². The van der Waals surface area contributed by atoms with Crippen molar-refractivity contribution in [1.82, 2.24) is 5.32 Å². The van der Waals surface area contributed by atoms with Gasteiger partial charge in [0, 0.05) is 5.54 Å². The van der Waals surface area contributed by atoms with Gasteiger partial charge in [0.15, 0.2) is 0 Å². The molecule has 1 heteroatoms. The maximum absolute atomic E-state index is 3.64. The van der Waals surface area contributed by atoms with Crippen LogP contribution in [0.15, 0.2) is 0 Å². The molecule has 2 saturated carbocycles. The Morgan fingerprint density at radius 2 is 1.86 bits per heavy atom. The molecule has 14 heavy (non-hydrogen) atoms. The highest BCUT2D eigenvalue weighted by atomic mass is 15.0. The summed E-state index contributed by atoms with van der Waals surface area (Å²) in [6.07, 6.45) is 4.40. The van der Waals surface area contributed by atoms with Crippen LogP contribution < -0.4 is 5.32 Å². The molecule has 2 aliphatic rings. The first-order valence-corrected chi connectivity index (χ1v) is 6.02. The summed E-state index contributed by atoms with van der Waals surface area (Å²) in [5.41, 5.74) is 1.67. The van der Waals surface area contributed by atoms with Crippen molar-refractivity contribution >= 4 is 0 Å². The lowest BCUT2D eigenvalue weighted by atomic mass is 9.58. The van der Waals surface area contributed by atoms with Crippen LogP contribution in [0.2, 0.25) is 0 Å². The first-order valence-electron chi connectivity index (χ1n) is 6.02. The molecule has 2 fully saturated rings. The Kier molecular flexibility index (Phi) is 2.06. The van der Waals surface area contributed by atoms with Crippen molar-refractivity contribution in [2.24, 2.45) is 16.7 Å². The van der Waals surface area contributed by atoms with E-state index in [0.717, 1.165) is 11.3 Å². The quantitative estimate of drug-likeness (QED) is 0.713. The molecule has 0 radical (unpaired) electrons. The summed E-state index contributed by atoms with van der Waals surface area (Å²) in [5.74, 6) is 0.963. The Morgan fingerprint density at radius 3 is 2.14 bits per heavy atom. The molecule has 2 unspecified atom stereocenters. The second-order valence-electron chi connectivity index (χ2n) is 7.07. The predicted molar refractivity (Wildman–Crippen MR) is 61.3 cm³/mol. The predicted octanol–water partition coefficient (Wildman–Crippen LogP) is 3.20. The zero-order valence-electron chi connectivity index (χ0n) is 10.4. The number of rotatable bonds is 2. The van der Waals surface area contributed by atoms with Crippen molar-refractivity contribution in [1.29, 1.82) is 0 Å². The van der Waals surface area contributed by atoms with Crippen LogP contribution in [0, 0.1) is 16.7 Å². The molecule has 1 nitrogen and oxygen atoms in total. The molecule has 0 bridgehead atoms. The van der Waals surface area contributed by atoms with Gasteiger partial charge in [-0.3, -0.25) is 0 Å². The molecule has 2 aliphatic carbocycles. The Bertz CT molecular complexity index is 236. The molecule has 82 valence electrons. The maximum Gasteiger partial charge on any atom is 0.00966 e. The van der Waals surface area contributed by atoms with Crippen molar-refractivity contribution in [3.8, 4) is 0 Å². The van der Waals surface area contributed by atoms with Crippen LogP contribution in [-0.4, -0.2) is 12.1 Å². The average Bonchev–Trinajstić information content (AvgIpc) is 2.74. The molecule has 2 atom stereocenters. The molecule has 0 amide bonds. The monoisotopic (exact) mass is 195 g/mol. The van der Waals surface area contributed by atoms with E-state index in [0.29, 0.717) is 5.41 Å². The minimum absolute atomic E-state index is 0.289. The summed E-state index contributed by atoms with van der Waals surface area (Å²) in [4.78, 5) is 0. The van der Waals surface area contributed by atoms with Gasteiger partial charge in [0.25, 0.3) is 0 Å². The lowest BCUT2D eigenvalue weighted by Crippen LogP contribution is -2.42. The fourth-order valence-electron chi connectivity index (χ4n) is 3.16. The normalized spacial score (nSPS) is 39.6. The topological polar surface area (TPSA) is 12.0 Å². The second kappa shape index (κ2) is 2.75. The number of nitrogens with one attached hydrogen (secondary N) is 1. The fraction of sp³-hybridized carbons (Fsp3) is 1.00. The van der Waals surface area contributed by atoms with Gasteiger partial charge in [0.05, 0.1) is 0 Å². The summed E-state index contributed by atoms with van der Waals surface area (Å²) < 4.78 is 0. The largest absolute Gasteiger partial charge is 0.312 e. The van der Waals surface area contributed by atoms with Crippen molar-refractivity contribution in [2.45, 2.75) is 59.4 Å². The van der Waals surface area contributed by atoms with E-state index in [9.17, 15) is 0 Å². The van der Waals surface area contributed by atoms with E-state index in [2.05, 4.69) is 39.9 Å². The lowest BCUT2D eigenvalue weighted by Gasteiger charge is -2.47. The van der Waals surface area contributed by atoms with Crippen LogP contribution in [0.5, 0.6) is 0 Å². The van der Waals surface area contributed by atoms with Gasteiger partial charge in [-0.15, -0.1) is 0 Å². The Morgan fingerprint density at radius 1 is 1.21 bits per heavy atom. The lowest BCUT2D eigenvalue weighted by molar-refractivity contribution is 0.0298. The van der Waals surface area contributed by atoms with Gasteiger partial charge in [-0.25, -0.2) is 0 Å². The Labute approximate surface area is 88.7 Å². The highest BCUT2D eigenvalue weighted by Crippen LogP contribution is 2.74. The molecule has 1 N–H and O–H groups in total. The van der Waals surface area contributed by atoms with E-state index in [1.165, 1.54) is 25.8 Å². The van der Waals surface area contributed by atoms with Crippen molar-refractivity contribution < 1.29 is 0 Å². The molecule has 1 spiro atoms. The first kappa shape index (κ1) is 10.5. The minimum atomic E-state index is 0.289. The van der Waals surface area contributed by atoms with E-state index in [1.807, 2.05) is 0 Å². The first-order chi connectivity index (χ1) is 6.27. The molecular weight excluding hydrogens is 170 g/mol. The van der Waals surface area contributed by atoms with Crippen LogP contribution in [0.3, 0.4) is 0 Å². The third-order valence-electron chi connectivity index (χ3n) is 4.65. The highest BCUT2D eigenvalue weighted by molar-refractivity contribution is 5.17. The van der Waals surface area contributed by atoms with Crippen molar-refractivity contribution in [2.75, 3.05) is 6.54 Å². The van der Waals surface area contributed by atoms with Crippen molar-refractivity contribution in [3.63, 3.8) is 0 Å². The molecule has 0 saturated heterocycles. The summed E-state index contributed by atoms with van der Waals surface area (Å²) in [6, 6.07) is 0. The summed E-state index contributed by atoms with van der Waals surface area (Å²) in [6.45, 7) is 12.9. The SMILES string of the molecule is CC(C)(C)NCC1CC12CCC2(C)C. The van der Waals surface area contributed by atoms with Crippen molar-refractivity contribution in [3.05, 3.63) is 0 Å². The molecule has 0 heterocycles. The number of hydrogen-bond donors (Lipinski definition) is 1. The van der Waals surface area contributed by atoms with Gasteiger partial charge in [-0.05, 0) is 63.3 Å². The van der Waals surface area contributed by atoms with Gasteiger partial charge < -0.3 is 5.32 Å². The summed E-state index contributed by atoms with van der Waals surface area (Å²) in [5, 5.41) is 3.64. The molecule has 0 aromatic rings. The van der Waals surface area contributed by atoms with Crippen LogP contribution in [0.1, 0.15) is 53.9 Å². The summed E-state index contributed by atoms with van der Waals surface area (Å²) in [7, 11) is 0. The standard InChI is InChI=1S/C13H25N/c1-11(2,3)14-9-10-8-13(10)7-6-12(13,4)5/h10,14H,6-9H2,1-5H3. The second-order valence-corrected chi connectivity index (χ2v) is 7.07. The van der Waals surface area contributed by atoms with E-state index in [1.54, 1.807) is 0 Å². The zero-order valence-corrected chi connectivity index (χ0v) is 10.4. The maximum atomic E-state index is 3.64. The van der Waals surface area contributed by atoms with Crippen LogP contribution in [0.4, 0.5) is 0 Å². The van der Waals surface area contributed by atoms with E-state index >= 15 is 0 Å². The zero-order chi connectivity index (χ0) is 10.6. The van der Waals surface area contributed by atoms with Crippen LogP contribution in [0.25, 0.3) is 0 Å². The van der Waals surface area contributed by atoms with Gasteiger partial charge >= 0.3 is 0 Å². The van der Waals surface area contributed by atoms with Gasteiger partial charge in [-0.1, -0.05) is 13.8 Å². The van der Waals surface area contributed by atoms with E-state index in [4.69, 9.17) is 0 Å². The molecule has 0 aliphatic heterocycles. The highest BCUT2D eigenvalue weighted by Gasteiger charge is 2.67. The van der Waals surface area contributed by atoms with Gasteiger partial charge in [0.1, 0.15) is 0 Å². The van der Waals surface area contributed by atoms with Crippen LogP contribution >= 0.6 is 0 Å². The Balaban J connectivity index is 1.83. The Hall–Kier alpha value is -0.0400. The fourth-order valence-corrected chi connectivity index (χ4v) is 3.16. The molecular formula is C13H25N. The smallest absolute Gasteiger partial charge is 0.00966 e. The molecule has 0 aromatic carbocycles. The summed E-state index contributed by atoms with van der Waals surface area (Å²) >= 11 is 0. The third kappa shape index (κ3) is 1.50. The molecule has 2 rings (SSSR count). The van der Waals surface area contributed by atoms with Gasteiger partial charge in [0.2, 0.25) is 0 Å². The molecule has 0 aromatic heterocycles. The van der Waals surface area contributed by atoms with Gasteiger partial charge in [-0.2, -0.15) is 0 Å². The minimum Gasteiger partial charge on any atom is -0.312 e. The van der Waals surface area contributed by atoms with E-state index < -0.39 is 0 Å².